The largest absolute Gasteiger partial charge is 0.600 e. The van der Waals surface area contributed by atoms with Crippen molar-refractivity contribution >= 4 is 30.1 Å². The number of hydroxylamine groups is 2. The van der Waals surface area contributed by atoms with E-state index in [1.165, 1.54) is 27.0 Å². The van der Waals surface area contributed by atoms with Crippen molar-refractivity contribution in [1.29, 1.82) is 0 Å². The number of ketones is 1. The van der Waals surface area contributed by atoms with Gasteiger partial charge in [-0.2, -0.15) is 0 Å². The molecule has 376 valence electrons. The van der Waals surface area contributed by atoms with E-state index in [0.29, 0.717) is 18.3 Å². The van der Waals surface area contributed by atoms with Gasteiger partial charge in [0.05, 0.1) is 56.1 Å². The Kier molecular flexibility index (Phi) is 14.8. The summed E-state index contributed by atoms with van der Waals surface area (Å²) in [5, 5.41) is 60.6. The smallest absolute Gasteiger partial charge is 0.407 e. The molecule has 0 radical (unpaired) electrons. The minimum atomic E-state index is -2.15. The summed E-state index contributed by atoms with van der Waals surface area (Å²) in [5.74, 6) is -6.04. The summed E-state index contributed by atoms with van der Waals surface area (Å²) in [6.45, 7) is 15.6. The number of ether oxygens (including phenoxy) is 7. The van der Waals surface area contributed by atoms with Crippen molar-refractivity contribution < 1.29 is 82.9 Å². The first kappa shape index (κ1) is 51.5. The van der Waals surface area contributed by atoms with Gasteiger partial charge in [-0.05, 0) is 82.4 Å². The monoisotopic (exact) mass is 956 g/mol. The van der Waals surface area contributed by atoms with Gasteiger partial charge in [-0.3, -0.25) is 14.4 Å². The third kappa shape index (κ3) is 9.02. The van der Waals surface area contributed by atoms with E-state index in [1.807, 2.05) is 39.0 Å². The zero-order chi connectivity index (χ0) is 49.9. The second-order valence-corrected chi connectivity index (χ2v) is 20.6. The van der Waals surface area contributed by atoms with Gasteiger partial charge in [-0.15, -0.1) is 0 Å². The summed E-state index contributed by atoms with van der Waals surface area (Å²) < 4.78 is 42.1. The lowest BCUT2D eigenvalue weighted by Crippen LogP contribution is -3.17. The first-order valence-corrected chi connectivity index (χ1v) is 23.6. The van der Waals surface area contributed by atoms with Crippen molar-refractivity contribution in [2.45, 2.75) is 167 Å². The van der Waals surface area contributed by atoms with E-state index < -0.39 is 142 Å². The minimum absolute atomic E-state index is 0.0205. The second kappa shape index (κ2) is 19.5. The molecule has 3 heterocycles. The highest BCUT2D eigenvalue weighted by molar-refractivity contribution is 6.26. The number of esters is 2. The fraction of sp³-hybridized carbons (Fsp3) is 0.694. The summed E-state index contributed by atoms with van der Waals surface area (Å²) in [4.78, 5) is 66.2. The number of carbonyl (C=O) groups is 5. The van der Waals surface area contributed by atoms with Gasteiger partial charge in [0.25, 0.3) is 0 Å². The number of aldehydes is 1. The van der Waals surface area contributed by atoms with Crippen molar-refractivity contribution in [3.8, 4) is 0 Å². The molecular formula is C49H68N2O17. The number of allylic oxidation sites excluding steroid dienone is 3. The Bertz CT molecular complexity index is 2160. The Balaban J connectivity index is 1.33. The van der Waals surface area contributed by atoms with Crippen LogP contribution in [0.3, 0.4) is 0 Å². The standard InChI is InChI=1S/C49H68N2O17/c1-22-11-14-35(66-37-20-47(8,51(60)61)42(27(6)64-37)50-46(59)62-10)23(2)16-32-33(54)17-29(21-52)19-49(32)44(57)38(45(58)68-49)43(56)48(9)31(22)13-12-30-39(48)24(3)15-25(4)40(30)67-36-18-34(55)41(26(5)63-36)65-28(7)53/h11-13,16-17,21,24-27,30-37,39-42,51,54-56,60H,14-15,18-20H2,1-10H3,(H,50,59). The normalized spacial score (nSPS) is 44.4. The first-order chi connectivity index (χ1) is 31.9. The number of methoxy groups -OCH3 is 1. The molecule has 19 nitrogen and oxygen atoms in total. The van der Waals surface area contributed by atoms with Crippen LogP contribution >= 0.6 is 0 Å². The van der Waals surface area contributed by atoms with Crippen LogP contribution in [0.5, 0.6) is 0 Å². The number of alkyl carbamates (subject to hydrolysis) is 1. The Morgan fingerprint density at radius 3 is 2.28 bits per heavy atom. The molecule has 6 N–H and O–H groups in total. The van der Waals surface area contributed by atoms with E-state index in [-0.39, 0.29) is 43.1 Å². The average molecular weight is 957 g/mol. The maximum absolute atomic E-state index is 15.3. The van der Waals surface area contributed by atoms with E-state index in [9.17, 15) is 44.9 Å². The average Bonchev–Trinajstić information content (AvgIpc) is 3.50. The lowest BCUT2D eigenvalue weighted by atomic mass is 9.49. The molecule has 1 spiro atoms. The Morgan fingerprint density at radius 1 is 0.956 bits per heavy atom. The van der Waals surface area contributed by atoms with Gasteiger partial charge in [0.1, 0.15) is 23.7 Å². The van der Waals surface area contributed by atoms with Crippen LogP contribution in [0, 0.1) is 46.1 Å². The molecule has 1 saturated carbocycles. The second-order valence-electron chi connectivity index (χ2n) is 20.6. The Morgan fingerprint density at radius 2 is 1.65 bits per heavy atom. The molecule has 3 saturated heterocycles. The van der Waals surface area contributed by atoms with Crippen LogP contribution in [0.2, 0.25) is 0 Å². The fourth-order valence-electron chi connectivity index (χ4n) is 12.7. The zero-order valence-electron chi connectivity index (χ0n) is 40.3. The molecule has 0 aromatic heterocycles. The molecule has 0 aromatic carbocycles. The Labute approximate surface area is 396 Å². The molecule has 4 aliphatic carbocycles. The number of aliphatic hydroxyl groups is 3. The van der Waals surface area contributed by atoms with E-state index in [1.54, 1.807) is 26.8 Å². The number of hydrogen-bond acceptors (Lipinski definition) is 17. The SMILES string of the molecule is COC(=O)NC1C(C)OC(OC2CC=C(C)C3C=CC4C(OC5CC(O)C(OC(C)=O)C(C)O5)C(C)CC(C)C4C3(C)C(O)=C3C(=O)OC4(CC(C=O)=CC(O)C4C=C2C)C3=O)CC1(C)[NH+]([O-])O. The van der Waals surface area contributed by atoms with Crippen LogP contribution in [0.4, 0.5) is 4.79 Å². The predicted molar refractivity (Wildman–Crippen MR) is 238 cm³/mol. The molecule has 4 fully saturated rings. The zero-order valence-corrected chi connectivity index (χ0v) is 40.3. The molecular weight excluding hydrogens is 889 g/mol. The molecule has 7 rings (SSSR count). The van der Waals surface area contributed by atoms with Gasteiger partial charge in [0.15, 0.2) is 29.8 Å². The van der Waals surface area contributed by atoms with E-state index in [2.05, 4.69) is 12.2 Å². The lowest BCUT2D eigenvalue weighted by molar-refractivity contribution is -1.09. The topological polar surface area (TPSA) is 270 Å². The number of fused-ring (bicyclic) bond motifs is 4. The van der Waals surface area contributed by atoms with Crippen LogP contribution in [0.25, 0.3) is 0 Å². The van der Waals surface area contributed by atoms with Gasteiger partial charge in [0.2, 0.25) is 5.78 Å². The lowest BCUT2D eigenvalue weighted by Gasteiger charge is -2.56. The number of hydrogen-bond donors (Lipinski definition) is 6. The fourth-order valence-corrected chi connectivity index (χ4v) is 12.7. The third-order valence-electron chi connectivity index (χ3n) is 16.0. The molecule has 19 heteroatoms. The minimum Gasteiger partial charge on any atom is -0.600 e. The van der Waals surface area contributed by atoms with E-state index in [0.717, 1.165) is 5.57 Å². The number of Topliss-reactive ketones (excluding diaryl/α,β-unsaturated/α-hetero) is 1. The molecule has 2 bridgehead atoms. The van der Waals surface area contributed by atoms with Crippen LogP contribution < -0.4 is 10.5 Å². The summed E-state index contributed by atoms with van der Waals surface area (Å²) in [7, 11) is 1.17. The highest BCUT2D eigenvalue weighted by atomic mass is 16.8. The van der Waals surface area contributed by atoms with Crippen LogP contribution in [-0.4, -0.2) is 130 Å². The van der Waals surface area contributed by atoms with Crippen LogP contribution in [0.15, 0.2) is 58.4 Å². The summed E-state index contributed by atoms with van der Waals surface area (Å²) in [5.41, 5.74) is -4.45. The van der Waals surface area contributed by atoms with E-state index >= 15 is 4.79 Å². The number of aliphatic hydroxyl groups excluding tert-OH is 3. The highest BCUT2D eigenvalue weighted by Gasteiger charge is 2.64. The molecule has 68 heavy (non-hydrogen) atoms. The van der Waals surface area contributed by atoms with Crippen molar-refractivity contribution in [2.75, 3.05) is 7.11 Å². The summed E-state index contributed by atoms with van der Waals surface area (Å²) >= 11 is 0. The number of quaternary nitrogens is 1. The number of nitrogens with one attached hydrogen (secondary N) is 2. The molecule has 0 aromatic rings. The summed E-state index contributed by atoms with van der Waals surface area (Å²) in [6, 6.07) is -1.00. The van der Waals surface area contributed by atoms with Crippen LogP contribution in [0.1, 0.15) is 94.4 Å². The third-order valence-corrected chi connectivity index (χ3v) is 16.0. The maximum Gasteiger partial charge on any atom is 0.407 e. The number of rotatable bonds is 8. The molecule has 1 amide bonds. The van der Waals surface area contributed by atoms with Gasteiger partial charge >= 0.3 is 18.0 Å². The maximum atomic E-state index is 15.3. The predicted octanol–water partition coefficient (Wildman–Crippen LogP) is 3.15. The van der Waals surface area contributed by atoms with Crippen molar-refractivity contribution in [2.24, 2.45) is 40.9 Å². The number of carbonyl (C=O) groups excluding carboxylic acids is 5. The first-order valence-electron chi connectivity index (χ1n) is 23.6. The molecule has 20 unspecified atom stereocenters. The van der Waals surface area contributed by atoms with Crippen molar-refractivity contribution in [1.82, 2.24) is 5.32 Å². The Hall–Kier alpha value is -4.31. The quantitative estimate of drug-likeness (QED) is 0.0509. The van der Waals surface area contributed by atoms with Crippen molar-refractivity contribution in [3.63, 3.8) is 0 Å². The van der Waals surface area contributed by atoms with Crippen LogP contribution in [-0.2, 0) is 52.3 Å². The van der Waals surface area contributed by atoms with Gasteiger partial charge in [-0.25, -0.2) is 20.0 Å². The van der Waals surface area contributed by atoms with Gasteiger partial charge in [0, 0.05) is 37.0 Å². The van der Waals surface area contributed by atoms with Crippen molar-refractivity contribution in [3.05, 3.63) is 63.6 Å². The molecule has 20 atom stereocenters. The van der Waals surface area contributed by atoms with Gasteiger partial charge < -0.3 is 59.0 Å². The van der Waals surface area contributed by atoms with Gasteiger partial charge in [-0.1, -0.05) is 50.6 Å². The summed E-state index contributed by atoms with van der Waals surface area (Å²) in [6.07, 6.45) is 0.177. The van der Waals surface area contributed by atoms with E-state index in [4.69, 9.17) is 33.2 Å². The molecule has 7 aliphatic rings. The molecule has 3 aliphatic heterocycles. The number of amides is 1. The highest BCUT2D eigenvalue weighted by Crippen LogP contribution is 2.61.